The summed E-state index contributed by atoms with van der Waals surface area (Å²) in [6.45, 7) is 8.11. The minimum atomic E-state index is -3.10. The highest BCUT2D eigenvalue weighted by Gasteiger charge is 2.40. The quantitative estimate of drug-likeness (QED) is 0.779. The molecule has 0 fully saturated rings. The standard InChI is InChI=1S/C13H25N3O3S/c1-5-20(18,19)9-8-16-12(17)10(6-7-14)11(15-16)13(2,3)4/h10H,5-9,14H2,1-4H3. The van der Waals surface area contributed by atoms with Crippen LogP contribution in [-0.4, -0.2) is 49.6 Å². The van der Waals surface area contributed by atoms with Crippen LogP contribution in [0.5, 0.6) is 0 Å². The molecule has 0 saturated carbocycles. The molecule has 20 heavy (non-hydrogen) atoms. The Morgan fingerprint density at radius 3 is 2.40 bits per heavy atom. The molecule has 1 aliphatic rings. The van der Waals surface area contributed by atoms with Crippen molar-refractivity contribution in [1.82, 2.24) is 5.01 Å². The van der Waals surface area contributed by atoms with Gasteiger partial charge in [0.25, 0.3) is 5.91 Å². The van der Waals surface area contributed by atoms with Crippen LogP contribution >= 0.6 is 0 Å². The molecule has 1 unspecified atom stereocenters. The molecule has 116 valence electrons. The third kappa shape index (κ3) is 4.02. The number of amides is 1. The summed E-state index contributed by atoms with van der Waals surface area (Å²) in [5.41, 5.74) is 6.13. The van der Waals surface area contributed by atoms with Crippen LogP contribution in [-0.2, 0) is 14.6 Å². The number of nitrogens with two attached hydrogens (primary N) is 1. The van der Waals surface area contributed by atoms with E-state index in [1.807, 2.05) is 20.8 Å². The number of hydrazone groups is 1. The Morgan fingerprint density at radius 1 is 1.35 bits per heavy atom. The monoisotopic (exact) mass is 303 g/mol. The van der Waals surface area contributed by atoms with Crippen LogP contribution < -0.4 is 5.73 Å². The van der Waals surface area contributed by atoms with Gasteiger partial charge in [-0.3, -0.25) is 4.79 Å². The second kappa shape index (κ2) is 6.22. The maximum absolute atomic E-state index is 12.3. The van der Waals surface area contributed by atoms with Gasteiger partial charge in [-0.2, -0.15) is 5.10 Å². The van der Waals surface area contributed by atoms with Gasteiger partial charge >= 0.3 is 0 Å². The van der Waals surface area contributed by atoms with E-state index in [1.54, 1.807) is 6.92 Å². The first kappa shape index (κ1) is 17.1. The largest absolute Gasteiger partial charge is 0.330 e. The number of hydrogen-bond acceptors (Lipinski definition) is 5. The molecule has 7 heteroatoms. The summed E-state index contributed by atoms with van der Waals surface area (Å²) in [6.07, 6.45) is 0.548. The van der Waals surface area contributed by atoms with Crippen molar-refractivity contribution in [2.75, 3.05) is 24.6 Å². The smallest absolute Gasteiger partial charge is 0.251 e. The molecule has 0 aromatic carbocycles. The van der Waals surface area contributed by atoms with E-state index >= 15 is 0 Å². The van der Waals surface area contributed by atoms with Gasteiger partial charge in [-0.05, 0) is 13.0 Å². The zero-order chi connectivity index (χ0) is 15.6. The molecule has 0 aromatic heterocycles. The van der Waals surface area contributed by atoms with Gasteiger partial charge in [-0.15, -0.1) is 0 Å². The SMILES string of the molecule is CCS(=O)(=O)CCN1N=C(C(C)(C)C)C(CCN)C1=O. The number of carbonyl (C=O) groups is 1. The van der Waals surface area contributed by atoms with E-state index in [1.165, 1.54) is 5.01 Å². The summed E-state index contributed by atoms with van der Waals surface area (Å²) < 4.78 is 23.1. The highest BCUT2D eigenvalue weighted by atomic mass is 32.2. The topological polar surface area (TPSA) is 92.8 Å². The second-order valence-corrected chi connectivity index (χ2v) is 8.54. The number of nitrogens with zero attached hydrogens (tertiary/aromatic N) is 2. The summed E-state index contributed by atoms with van der Waals surface area (Å²) in [7, 11) is -3.10. The maximum atomic E-state index is 12.3. The van der Waals surface area contributed by atoms with Crippen LogP contribution in [0.2, 0.25) is 0 Å². The van der Waals surface area contributed by atoms with Gasteiger partial charge in [0.15, 0.2) is 9.84 Å². The van der Waals surface area contributed by atoms with Crippen molar-refractivity contribution >= 4 is 21.5 Å². The Hall–Kier alpha value is -0.950. The van der Waals surface area contributed by atoms with Crippen LogP contribution in [0.25, 0.3) is 0 Å². The van der Waals surface area contributed by atoms with Gasteiger partial charge in [0.1, 0.15) is 0 Å². The summed E-state index contributed by atoms with van der Waals surface area (Å²) in [5, 5.41) is 5.66. The Kier molecular flexibility index (Phi) is 5.32. The Balaban J connectivity index is 2.89. The van der Waals surface area contributed by atoms with Crippen molar-refractivity contribution in [3.8, 4) is 0 Å². The van der Waals surface area contributed by atoms with E-state index in [0.29, 0.717) is 13.0 Å². The molecule has 1 rings (SSSR count). The van der Waals surface area contributed by atoms with Gasteiger partial charge in [0, 0.05) is 11.2 Å². The lowest BCUT2D eigenvalue weighted by Crippen LogP contribution is -2.34. The first-order chi connectivity index (χ1) is 9.12. The van der Waals surface area contributed by atoms with E-state index in [-0.39, 0.29) is 35.3 Å². The predicted molar refractivity (Wildman–Crippen MR) is 80.1 cm³/mol. The van der Waals surface area contributed by atoms with E-state index in [4.69, 9.17) is 5.73 Å². The maximum Gasteiger partial charge on any atom is 0.251 e. The van der Waals surface area contributed by atoms with E-state index in [0.717, 1.165) is 5.71 Å². The fraction of sp³-hybridized carbons (Fsp3) is 0.846. The zero-order valence-corrected chi connectivity index (χ0v) is 13.5. The summed E-state index contributed by atoms with van der Waals surface area (Å²) in [6, 6.07) is 0. The van der Waals surface area contributed by atoms with Crippen molar-refractivity contribution in [3.63, 3.8) is 0 Å². The van der Waals surface area contributed by atoms with Gasteiger partial charge < -0.3 is 5.73 Å². The molecule has 0 saturated heterocycles. The van der Waals surface area contributed by atoms with E-state index < -0.39 is 9.84 Å². The van der Waals surface area contributed by atoms with Gasteiger partial charge in [-0.25, -0.2) is 13.4 Å². The molecule has 2 N–H and O–H groups in total. The molecule has 1 atom stereocenters. The van der Waals surface area contributed by atoms with E-state index in [9.17, 15) is 13.2 Å². The molecule has 0 bridgehead atoms. The van der Waals surface area contributed by atoms with Crippen molar-refractivity contribution in [2.24, 2.45) is 22.2 Å². The lowest BCUT2D eigenvalue weighted by atomic mass is 9.81. The number of carbonyl (C=O) groups excluding carboxylic acids is 1. The Labute approximate surface area is 121 Å². The number of hydrogen-bond donors (Lipinski definition) is 1. The van der Waals surface area contributed by atoms with Crippen LogP contribution in [0.1, 0.15) is 34.1 Å². The molecule has 0 aliphatic carbocycles. The molecule has 1 amide bonds. The minimum absolute atomic E-state index is 0.0501. The zero-order valence-electron chi connectivity index (χ0n) is 12.7. The van der Waals surface area contributed by atoms with Crippen LogP contribution in [0, 0.1) is 11.3 Å². The number of sulfone groups is 1. The highest BCUT2D eigenvalue weighted by Crippen LogP contribution is 2.30. The lowest BCUT2D eigenvalue weighted by molar-refractivity contribution is -0.131. The average Bonchev–Trinajstić information content (AvgIpc) is 2.65. The summed E-state index contributed by atoms with van der Waals surface area (Å²) in [4.78, 5) is 12.3. The van der Waals surface area contributed by atoms with Crippen LogP contribution in [0.3, 0.4) is 0 Å². The summed E-state index contributed by atoms with van der Waals surface area (Å²) in [5.74, 6) is -0.418. The molecule has 0 radical (unpaired) electrons. The van der Waals surface area contributed by atoms with Gasteiger partial charge in [0.05, 0.1) is 23.9 Å². The molecule has 6 nitrogen and oxygen atoms in total. The third-order valence-electron chi connectivity index (χ3n) is 3.39. The summed E-state index contributed by atoms with van der Waals surface area (Å²) >= 11 is 0. The fourth-order valence-electron chi connectivity index (χ4n) is 2.18. The molecule has 1 heterocycles. The highest BCUT2D eigenvalue weighted by molar-refractivity contribution is 7.91. The fourth-order valence-corrected chi connectivity index (χ4v) is 2.92. The first-order valence-electron chi connectivity index (χ1n) is 6.93. The molecular formula is C13H25N3O3S. The molecule has 1 aliphatic heterocycles. The van der Waals surface area contributed by atoms with Crippen LogP contribution in [0.4, 0.5) is 0 Å². The predicted octanol–water partition coefficient (Wildman–Crippen LogP) is 0.630. The van der Waals surface area contributed by atoms with Gasteiger partial charge in [0.2, 0.25) is 0 Å². The third-order valence-corrected chi connectivity index (χ3v) is 5.07. The molecule has 0 aromatic rings. The normalized spacial score (nSPS) is 20.4. The van der Waals surface area contributed by atoms with Crippen molar-refractivity contribution in [1.29, 1.82) is 0 Å². The average molecular weight is 303 g/mol. The lowest BCUT2D eigenvalue weighted by Gasteiger charge is -2.21. The van der Waals surface area contributed by atoms with Crippen LogP contribution in [0.15, 0.2) is 5.10 Å². The first-order valence-corrected chi connectivity index (χ1v) is 8.75. The Morgan fingerprint density at radius 2 is 1.95 bits per heavy atom. The number of rotatable bonds is 6. The molecule has 0 spiro atoms. The van der Waals surface area contributed by atoms with Crippen molar-refractivity contribution in [3.05, 3.63) is 0 Å². The minimum Gasteiger partial charge on any atom is -0.330 e. The molecular weight excluding hydrogens is 278 g/mol. The van der Waals surface area contributed by atoms with Gasteiger partial charge in [-0.1, -0.05) is 27.7 Å². The van der Waals surface area contributed by atoms with Crippen molar-refractivity contribution < 1.29 is 13.2 Å². The Bertz CT molecular complexity index is 491. The van der Waals surface area contributed by atoms with E-state index in [2.05, 4.69) is 5.10 Å². The van der Waals surface area contributed by atoms with Crippen molar-refractivity contribution in [2.45, 2.75) is 34.1 Å². The second-order valence-electron chi connectivity index (χ2n) is 6.06.